The number of amides is 1. The molecule has 1 atom stereocenters. The molecule has 3 nitrogen and oxygen atoms in total. The summed E-state index contributed by atoms with van der Waals surface area (Å²) in [7, 11) is 1.97. The number of hydrogen-bond donors (Lipinski definition) is 1. The molecule has 0 aromatic heterocycles. The third-order valence-corrected chi connectivity index (χ3v) is 4.18. The van der Waals surface area contributed by atoms with Crippen LogP contribution in [-0.4, -0.2) is 30.9 Å². The fourth-order valence-electron chi connectivity index (χ4n) is 2.75. The second-order valence-corrected chi connectivity index (χ2v) is 5.96. The zero-order chi connectivity index (χ0) is 14.5. The number of carbonyl (C=O) groups excluding carboxylic acids is 1. The van der Waals surface area contributed by atoms with E-state index in [1.165, 1.54) is 11.1 Å². The molecule has 1 heterocycles. The van der Waals surface area contributed by atoms with E-state index in [1.54, 1.807) is 0 Å². The summed E-state index contributed by atoms with van der Waals surface area (Å²) < 4.78 is 0. The van der Waals surface area contributed by atoms with Crippen LogP contribution in [0.2, 0.25) is 0 Å². The maximum atomic E-state index is 11.9. The van der Waals surface area contributed by atoms with Gasteiger partial charge in [-0.2, -0.15) is 0 Å². The number of hydrogen-bond acceptors (Lipinski definition) is 2. The molecule has 0 spiro atoms. The monoisotopic (exact) mass is 274 g/mol. The highest BCUT2D eigenvalue weighted by atomic mass is 16.2. The average molecular weight is 274 g/mol. The molecule has 0 radical (unpaired) electrons. The second kappa shape index (κ2) is 6.89. The molecule has 1 aromatic rings. The SMILES string of the molecule is CNC(CN1CCCCC1=O)c1ccc(C(C)C)cc1. The van der Waals surface area contributed by atoms with E-state index in [2.05, 4.69) is 43.4 Å². The first-order chi connectivity index (χ1) is 9.61. The van der Waals surface area contributed by atoms with Crippen LogP contribution in [0.4, 0.5) is 0 Å². The molecule has 3 heteroatoms. The maximum absolute atomic E-state index is 11.9. The van der Waals surface area contributed by atoms with E-state index in [-0.39, 0.29) is 6.04 Å². The quantitative estimate of drug-likeness (QED) is 0.895. The highest BCUT2D eigenvalue weighted by molar-refractivity contribution is 5.76. The van der Waals surface area contributed by atoms with Crippen LogP contribution in [0.5, 0.6) is 0 Å². The van der Waals surface area contributed by atoms with Gasteiger partial charge in [0.2, 0.25) is 5.91 Å². The van der Waals surface area contributed by atoms with Crippen molar-refractivity contribution < 1.29 is 4.79 Å². The van der Waals surface area contributed by atoms with Gasteiger partial charge in [-0.15, -0.1) is 0 Å². The third kappa shape index (κ3) is 3.60. The van der Waals surface area contributed by atoms with Gasteiger partial charge in [-0.25, -0.2) is 0 Å². The van der Waals surface area contributed by atoms with E-state index in [0.29, 0.717) is 18.2 Å². The van der Waals surface area contributed by atoms with Gasteiger partial charge < -0.3 is 10.2 Å². The molecule has 1 aliphatic rings. The second-order valence-electron chi connectivity index (χ2n) is 5.96. The molecule has 2 rings (SSSR count). The summed E-state index contributed by atoms with van der Waals surface area (Å²) in [4.78, 5) is 13.9. The largest absolute Gasteiger partial charge is 0.341 e. The predicted octanol–water partition coefficient (Wildman–Crippen LogP) is 3.08. The Morgan fingerprint density at radius 2 is 1.80 bits per heavy atom. The summed E-state index contributed by atoms with van der Waals surface area (Å²) in [6.07, 6.45) is 2.89. The number of nitrogens with one attached hydrogen (secondary N) is 1. The number of likely N-dealkylation sites (N-methyl/N-ethyl adjacent to an activating group) is 1. The highest BCUT2D eigenvalue weighted by Crippen LogP contribution is 2.21. The van der Waals surface area contributed by atoms with Crippen LogP contribution in [0, 0.1) is 0 Å². The van der Waals surface area contributed by atoms with Gasteiger partial charge in [-0.3, -0.25) is 4.79 Å². The molecule has 0 saturated carbocycles. The summed E-state index contributed by atoms with van der Waals surface area (Å²) in [5.41, 5.74) is 2.62. The van der Waals surface area contributed by atoms with Crippen LogP contribution in [-0.2, 0) is 4.79 Å². The zero-order valence-corrected chi connectivity index (χ0v) is 12.9. The van der Waals surface area contributed by atoms with Gasteiger partial charge in [0.15, 0.2) is 0 Å². The number of rotatable bonds is 5. The van der Waals surface area contributed by atoms with Crippen molar-refractivity contribution in [1.29, 1.82) is 0 Å². The maximum Gasteiger partial charge on any atom is 0.222 e. The average Bonchev–Trinajstić information content (AvgIpc) is 2.46. The molecule has 20 heavy (non-hydrogen) atoms. The van der Waals surface area contributed by atoms with Crippen LogP contribution < -0.4 is 5.32 Å². The van der Waals surface area contributed by atoms with Crippen molar-refractivity contribution in [3.8, 4) is 0 Å². The van der Waals surface area contributed by atoms with Crippen molar-refractivity contribution in [3.05, 3.63) is 35.4 Å². The summed E-state index contributed by atoms with van der Waals surface area (Å²) in [6.45, 7) is 6.09. The lowest BCUT2D eigenvalue weighted by Gasteiger charge is -2.30. The number of piperidine rings is 1. The normalized spacial score (nSPS) is 17.6. The lowest BCUT2D eigenvalue weighted by atomic mass is 9.98. The first-order valence-electron chi connectivity index (χ1n) is 7.66. The topological polar surface area (TPSA) is 32.3 Å². The van der Waals surface area contributed by atoms with Gasteiger partial charge in [0.1, 0.15) is 0 Å². The van der Waals surface area contributed by atoms with Gasteiger partial charge in [0.05, 0.1) is 0 Å². The molecule has 1 fully saturated rings. The van der Waals surface area contributed by atoms with E-state index >= 15 is 0 Å². The van der Waals surface area contributed by atoms with Crippen molar-refractivity contribution in [2.75, 3.05) is 20.1 Å². The van der Waals surface area contributed by atoms with Crippen LogP contribution >= 0.6 is 0 Å². The summed E-state index contributed by atoms with van der Waals surface area (Å²) in [5.74, 6) is 0.857. The third-order valence-electron chi connectivity index (χ3n) is 4.18. The van der Waals surface area contributed by atoms with Gasteiger partial charge in [-0.1, -0.05) is 38.1 Å². The molecule has 1 aromatic carbocycles. The first-order valence-corrected chi connectivity index (χ1v) is 7.66. The minimum absolute atomic E-state index is 0.221. The van der Waals surface area contributed by atoms with Crippen LogP contribution in [0.25, 0.3) is 0 Å². The smallest absolute Gasteiger partial charge is 0.222 e. The summed E-state index contributed by atoms with van der Waals surface area (Å²) in [5, 5.41) is 3.34. The molecule has 1 aliphatic heterocycles. The molecule has 0 aliphatic carbocycles. The Hall–Kier alpha value is -1.35. The van der Waals surface area contributed by atoms with E-state index < -0.39 is 0 Å². The van der Waals surface area contributed by atoms with Gasteiger partial charge in [0, 0.05) is 25.6 Å². The Labute approximate surface area is 122 Å². The zero-order valence-electron chi connectivity index (χ0n) is 12.9. The molecule has 1 amide bonds. The minimum atomic E-state index is 0.221. The van der Waals surface area contributed by atoms with Crippen LogP contribution in [0.3, 0.4) is 0 Å². The van der Waals surface area contributed by atoms with E-state index in [0.717, 1.165) is 25.9 Å². The Bertz CT molecular complexity index is 439. The Kier molecular flexibility index (Phi) is 5.18. The lowest BCUT2D eigenvalue weighted by molar-refractivity contribution is -0.133. The van der Waals surface area contributed by atoms with Gasteiger partial charge in [0.25, 0.3) is 0 Å². The number of nitrogens with zero attached hydrogens (tertiary/aromatic N) is 1. The summed E-state index contributed by atoms with van der Waals surface area (Å²) in [6, 6.07) is 8.99. The molecule has 1 N–H and O–H groups in total. The standard InChI is InChI=1S/C17H26N2O/c1-13(2)14-7-9-15(10-8-14)16(18-3)12-19-11-5-4-6-17(19)20/h7-10,13,16,18H,4-6,11-12H2,1-3H3. The number of likely N-dealkylation sites (tertiary alicyclic amines) is 1. The number of carbonyl (C=O) groups is 1. The number of benzene rings is 1. The molecule has 0 bridgehead atoms. The Balaban J connectivity index is 2.05. The van der Waals surface area contributed by atoms with Crippen LogP contribution in [0.1, 0.15) is 56.2 Å². The fourth-order valence-corrected chi connectivity index (χ4v) is 2.75. The van der Waals surface area contributed by atoms with Crippen molar-refractivity contribution in [2.24, 2.45) is 0 Å². The van der Waals surface area contributed by atoms with Gasteiger partial charge >= 0.3 is 0 Å². The summed E-state index contributed by atoms with van der Waals surface area (Å²) >= 11 is 0. The first kappa shape index (κ1) is 15.0. The highest BCUT2D eigenvalue weighted by Gasteiger charge is 2.21. The molecule has 110 valence electrons. The van der Waals surface area contributed by atoms with E-state index in [1.807, 2.05) is 11.9 Å². The van der Waals surface area contributed by atoms with Crippen molar-refractivity contribution in [1.82, 2.24) is 10.2 Å². The molecule has 1 saturated heterocycles. The molecular weight excluding hydrogens is 248 g/mol. The van der Waals surface area contributed by atoms with E-state index in [4.69, 9.17) is 0 Å². The van der Waals surface area contributed by atoms with Crippen molar-refractivity contribution in [3.63, 3.8) is 0 Å². The fraction of sp³-hybridized carbons (Fsp3) is 0.588. The minimum Gasteiger partial charge on any atom is -0.341 e. The lowest BCUT2D eigenvalue weighted by Crippen LogP contribution is -2.40. The van der Waals surface area contributed by atoms with Crippen molar-refractivity contribution >= 4 is 5.91 Å². The van der Waals surface area contributed by atoms with Crippen molar-refractivity contribution in [2.45, 2.75) is 45.1 Å². The Morgan fingerprint density at radius 3 is 2.35 bits per heavy atom. The van der Waals surface area contributed by atoms with Crippen LogP contribution in [0.15, 0.2) is 24.3 Å². The predicted molar refractivity (Wildman–Crippen MR) is 82.8 cm³/mol. The van der Waals surface area contributed by atoms with E-state index in [9.17, 15) is 4.79 Å². The Morgan fingerprint density at radius 1 is 1.15 bits per heavy atom. The van der Waals surface area contributed by atoms with Gasteiger partial charge in [-0.05, 0) is 36.9 Å². The molecular formula is C17H26N2O. The molecule has 1 unspecified atom stereocenters.